The maximum Gasteiger partial charge on any atom is 0.338 e. The highest BCUT2D eigenvalue weighted by atomic mass is 79.9. The fourth-order valence-corrected chi connectivity index (χ4v) is 2.07. The van der Waals surface area contributed by atoms with Crippen molar-refractivity contribution in [1.82, 2.24) is 0 Å². The zero-order valence-corrected chi connectivity index (χ0v) is 13.3. The van der Waals surface area contributed by atoms with Crippen LogP contribution >= 0.6 is 15.9 Å². The van der Waals surface area contributed by atoms with Gasteiger partial charge in [-0.2, -0.15) is 0 Å². The van der Waals surface area contributed by atoms with E-state index < -0.39 is 24.3 Å². The number of carbonyl (C=O) groups is 2. The third-order valence-electron chi connectivity index (χ3n) is 2.89. The van der Waals surface area contributed by atoms with Crippen molar-refractivity contribution in [3.8, 4) is 0 Å². The average molecular weight is 366 g/mol. The van der Waals surface area contributed by atoms with Crippen LogP contribution in [0.3, 0.4) is 0 Å². The van der Waals surface area contributed by atoms with Crippen LogP contribution in [-0.2, 0) is 9.53 Å². The molecule has 0 saturated carbocycles. The van der Waals surface area contributed by atoms with E-state index in [2.05, 4.69) is 21.2 Å². The summed E-state index contributed by atoms with van der Waals surface area (Å²) in [6.45, 7) is 1.14. The number of esters is 1. The van der Waals surface area contributed by atoms with Crippen LogP contribution in [0.2, 0.25) is 0 Å². The van der Waals surface area contributed by atoms with E-state index >= 15 is 0 Å². The molecule has 0 aliphatic rings. The van der Waals surface area contributed by atoms with Crippen molar-refractivity contribution < 1.29 is 18.7 Å². The molecule has 0 unspecified atom stereocenters. The van der Waals surface area contributed by atoms with Gasteiger partial charge in [0.15, 0.2) is 6.61 Å². The molecule has 22 heavy (non-hydrogen) atoms. The molecular formula is C16H13BrFNO3. The normalized spacial score (nSPS) is 10.1. The van der Waals surface area contributed by atoms with E-state index in [0.29, 0.717) is 11.3 Å². The summed E-state index contributed by atoms with van der Waals surface area (Å²) < 4.78 is 19.0. The molecule has 0 heterocycles. The average Bonchev–Trinajstić information content (AvgIpc) is 2.50. The first-order chi connectivity index (χ1) is 10.5. The first-order valence-electron chi connectivity index (χ1n) is 6.45. The Bertz CT molecular complexity index is 718. The van der Waals surface area contributed by atoms with Crippen molar-refractivity contribution in [3.63, 3.8) is 0 Å². The molecule has 0 saturated heterocycles. The van der Waals surface area contributed by atoms with Gasteiger partial charge in [0, 0.05) is 4.47 Å². The predicted molar refractivity (Wildman–Crippen MR) is 84.2 cm³/mol. The summed E-state index contributed by atoms with van der Waals surface area (Å²) in [6.07, 6.45) is 0. The molecule has 0 aromatic heterocycles. The van der Waals surface area contributed by atoms with Crippen LogP contribution in [-0.4, -0.2) is 18.5 Å². The molecule has 0 bridgehead atoms. The molecule has 2 aromatic rings. The maximum atomic E-state index is 13.4. The monoisotopic (exact) mass is 365 g/mol. The van der Waals surface area contributed by atoms with Gasteiger partial charge in [-0.15, -0.1) is 0 Å². The molecule has 114 valence electrons. The molecule has 6 heteroatoms. The van der Waals surface area contributed by atoms with Crippen molar-refractivity contribution in [3.05, 3.63) is 63.9 Å². The lowest BCUT2D eigenvalue weighted by Crippen LogP contribution is -2.21. The van der Waals surface area contributed by atoms with Crippen LogP contribution in [0.1, 0.15) is 15.9 Å². The van der Waals surface area contributed by atoms with Crippen LogP contribution in [0, 0.1) is 12.7 Å². The van der Waals surface area contributed by atoms with E-state index in [1.807, 2.05) is 6.07 Å². The fourth-order valence-electron chi connectivity index (χ4n) is 1.68. The second-order valence-electron chi connectivity index (χ2n) is 4.57. The standard InChI is InChI=1S/C16H13BrFNO3/c1-10-6-7-11(8-13(10)18)16(21)22-9-15(20)19-14-5-3-2-4-12(14)17/h2-8H,9H2,1H3,(H,19,20). The van der Waals surface area contributed by atoms with Crippen LogP contribution in [0.4, 0.5) is 10.1 Å². The largest absolute Gasteiger partial charge is 0.452 e. The molecule has 0 spiro atoms. The lowest BCUT2D eigenvalue weighted by molar-refractivity contribution is -0.119. The highest BCUT2D eigenvalue weighted by molar-refractivity contribution is 9.10. The summed E-state index contributed by atoms with van der Waals surface area (Å²) in [4.78, 5) is 23.5. The van der Waals surface area contributed by atoms with Gasteiger partial charge in [0.2, 0.25) is 0 Å². The van der Waals surface area contributed by atoms with Crippen LogP contribution in [0.15, 0.2) is 46.9 Å². The van der Waals surface area contributed by atoms with Gasteiger partial charge in [0.1, 0.15) is 5.82 Å². The lowest BCUT2D eigenvalue weighted by atomic mass is 10.1. The lowest BCUT2D eigenvalue weighted by Gasteiger charge is -2.08. The van der Waals surface area contributed by atoms with Gasteiger partial charge >= 0.3 is 5.97 Å². The van der Waals surface area contributed by atoms with Crippen molar-refractivity contribution in [2.45, 2.75) is 6.92 Å². The van der Waals surface area contributed by atoms with Gasteiger partial charge in [-0.05, 0) is 52.7 Å². The molecule has 4 nitrogen and oxygen atoms in total. The highest BCUT2D eigenvalue weighted by Crippen LogP contribution is 2.21. The van der Waals surface area contributed by atoms with Gasteiger partial charge in [-0.1, -0.05) is 18.2 Å². The van der Waals surface area contributed by atoms with Gasteiger partial charge in [0.05, 0.1) is 11.3 Å². The Kier molecular flexibility index (Phi) is 5.27. The Balaban J connectivity index is 1.92. The minimum Gasteiger partial charge on any atom is -0.452 e. The van der Waals surface area contributed by atoms with Crippen LogP contribution in [0.25, 0.3) is 0 Å². The molecule has 0 fully saturated rings. The van der Waals surface area contributed by atoms with E-state index in [1.54, 1.807) is 25.1 Å². The zero-order chi connectivity index (χ0) is 16.1. The molecule has 0 atom stereocenters. The van der Waals surface area contributed by atoms with Crippen molar-refractivity contribution in [1.29, 1.82) is 0 Å². The number of halogens is 2. The summed E-state index contributed by atoms with van der Waals surface area (Å²) in [5, 5.41) is 2.60. The van der Waals surface area contributed by atoms with Crippen molar-refractivity contribution in [2.75, 3.05) is 11.9 Å². The summed E-state index contributed by atoms with van der Waals surface area (Å²) in [6, 6.07) is 11.1. The molecule has 2 rings (SSSR count). The number of rotatable bonds is 4. The quantitative estimate of drug-likeness (QED) is 0.840. The number of aryl methyl sites for hydroxylation is 1. The van der Waals surface area contributed by atoms with E-state index in [-0.39, 0.29) is 5.56 Å². The SMILES string of the molecule is Cc1ccc(C(=O)OCC(=O)Nc2ccccc2Br)cc1F. The summed E-state index contributed by atoms with van der Waals surface area (Å²) in [5.74, 6) is -1.72. The van der Waals surface area contributed by atoms with Gasteiger partial charge < -0.3 is 10.1 Å². The maximum absolute atomic E-state index is 13.4. The zero-order valence-electron chi connectivity index (χ0n) is 11.7. The number of ether oxygens (including phenoxy) is 1. The predicted octanol–water partition coefficient (Wildman–Crippen LogP) is 3.69. The summed E-state index contributed by atoms with van der Waals surface area (Å²) >= 11 is 3.29. The first-order valence-corrected chi connectivity index (χ1v) is 7.24. The smallest absolute Gasteiger partial charge is 0.338 e. The summed E-state index contributed by atoms with van der Waals surface area (Å²) in [7, 11) is 0. The van der Waals surface area contributed by atoms with Gasteiger partial charge in [0.25, 0.3) is 5.91 Å². The number of hydrogen-bond donors (Lipinski definition) is 1. The molecular weight excluding hydrogens is 353 g/mol. The van der Waals surface area contributed by atoms with Crippen LogP contribution in [0.5, 0.6) is 0 Å². The van der Waals surface area contributed by atoms with E-state index in [1.165, 1.54) is 12.1 Å². The number of para-hydroxylation sites is 1. The Hall–Kier alpha value is -2.21. The number of amides is 1. The molecule has 1 amide bonds. The second-order valence-corrected chi connectivity index (χ2v) is 5.42. The molecule has 0 aliphatic carbocycles. The van der Waals surface area contributed by atoms with Crippen molar-refractivity contribution in [2.24, 2.45) is 0 Å². The number of hydrogen-bond acceptors (Lipinski definition) is 3. The van der Waals surface area contributed by atoms with E-state index in [9.17, 15) is 14.0 Å². The van der Waals surface area contributed by atoms with E-state index in [4.69, 9.17) is 4.74 Å². The van der Waals surface area contributed by atoms with Crippen LogP contribution < -0.4 is 5.32 Å². The number of nitrogens with one attached hydrogen (secondary N) is 1. The third kappa shape index (κ3) is 4.14. The first kappa shape index (κ1) is 16.2. The summed E-state index contributed by atoms with van der Waals surface area (Å²) in [5.41, 5.74) is 1.07. The highest BCUT2D eigenvalue weighted by Gasteiger charge is 2.12. The molecule has 0 radical (unpaired) electrons. The number of carbonyl (C=O) groups excluding carboxylic acids is 2. The Morgan fingerprint density at radius 1 is 1.23 bits per heavy atom. The van der Waals surface area contributed by atoms with Gasteiger partial charge in [-0.25, -0.2) is 9.18 Å². The van der Waals surface area contributed by atoms with Crippen molar-refractivity contribution >= 4 is 33.5 Å². The third-order valence-corrected chi connectivity index (χ3v) is 3.58. The minimum atomic E-state index is -0.749. The van der Waals surface area contributed by atoms with E-state index in [0.717, 1.165) is 10.5 Å². The van der Waals surface area contributed by atoms with Gasteiger partial charge in [-0.3, -0.25) is 4.79 Å². The Morgan fingerprint density at radius 3 is 2.64 bits per heavy atom. The number of anilines is 1. The molecule has 2 aromatic carbocycles. The molecule has 0 aliphatic heterocycles. The minimum absolute atomic E-state index is 0.0665. The Morgan fingerprint density at radius 2 is 1.95 bits per heavy atom. The topological polar surface area (TPSA) is 55.4 Å². The Labute approximate surface area is 135 Å². The second kappa shape index (κ2) is 7.17. The fraction of sp³-hybridized carbons (Fsp3) is 0.125. The number of benzene rings is 2. The molecule has 1 N–H and O–H groups in total.